The van der Waals surface area contributed by atoms with Crippen LogP contribution in [0.5, 0.6) is 0 Å². The van der Waals surface area contributed by atoms with E-state index in [1.165, 1.54) is 11.0 Å². The van der Waals surface area contributed by atoms with E-state index in [0.29, 0.717) is 42.6 Å². The molecule has 13 heteroatoms. The van der Waals surface area contributed by atoms with E-state index in [0.717, 1.165) is 24.3 Å². The van der Waals surface area contributed by atoms with Crippen LogP contribution in [-0.2, 0) is 23.1 Å². The first-order chi connectivity index (χ1) is 20.9. The van der Waals surface area contributed by atoms with Gasteiger partial charge in [0.1, 0.15) is 0 Å². The molecule has 2 N–H and O–H groups in total. The summed E-state index contributed by atoms with van der Waals surface area (Å²) < 4.78 is 6.95. The summed E-state index contributed by atoms with van der Waals surface area (Å²) >= 11 is 6.24. The fourth-order valence-corrected chi connectivity index (χ4v) is 5.13. The molecular weight excluding hydrogens is 570 g/mol. The molecule has 6 rings (SSSR count). The van der Waals surface area contributed by atoms with Crippen molar-refractivity contribution >= 4 is 58.1 Å². The Hall–Kier alpha value is -4.78. The van der Waals surface area contributed by atoms with Gasteiger partial charge in [-0.25, -0.2) is 14.7 Å². The standard InChI is InChI=1S/C30H30ClN9O3/c1-37-20-25(27(31)36-37)34-29-32-18-21-19-39(23-8-3-2-4-9-23)30(42)40(28(21)35-29)24-10-5-7-22(17-24)33-26(41)11-6-12-38-13-15-43-16-14-38/h2-11,17-18,20H,12-16,19H2,1H3,(H,33,41)(H,32,34,35)/b11-6+. The van der Waals surface area contributed by atoms with E-state index in [1.807, 2.05) is 36.4 Å². The molecule has 4 heterocycles. The summed E-state index contributed by atoms with van der Waals surface area (Å²) in [6, 6.07) is 16.2. The van der Waals surface area contributed by atoms with Crippen molar-refractivity contribution in [1.82, 2.24) is 24.6 Å². The average molecular weight is 600 g/mol. The quantitative estimate of drug-likeness (QED) is 0.279. The number of benzene rings is 2. The van der Waals surface area contributed by atoms with Crippen molar-refractivity contribution in [2.75, 3.05) is 53.3 Å². The SMILES string of the molecule is Cn1cc(Nc2ncc3c(n2)N(c2cccc(NC(=O)/C=C/CN4CCOCC4)c2)C(=O)N(c2ccccc2)C3)c(Cl)n1. The zero-order chi connectivity index (χ0) is 29.8. The number of aryl methyl sites for hydroxylation is 1. The number of hydrogen-bond acceptors (Lipinski definition) is 8. The van der Waals surface area contributed by atoms with Crippen molar-refractivity contribution in [3.8, 4) is 0 Å². The molecule has 12 nitrogen and oxygen atoms in total. The number of urea groups is 1. The molecule has 1 fully saturated rings. The molecule has 2 aromatic heterocycles. The molecule has 0 radical (unpaired) electrons. The molecule has 2 aromatic carbocycles. The Bertz CT molecular complexity index is 1650. The maximum Gasteiger partial charge on any atom is 0.335 e. The van der Waals surface area contributed by atoms with Crippen LogP contribution in [0.3, 0.4) is 0 Å². The number of para-hydroxylation sites is 1. The van der Waals surface area contributed by atoms with Crippen LogP contribution in [0, 0.1) is 0 Å². The van der Waals surface area contributed by atoms with Gasteiger partial charge < -0.3 is 15.4 Å². The van der Waals surface area contributed by atoms with Gasteiger partial charge in [0.15, 0.2) is 11.0 Å². The number of nitrogens with one attached hydrogen (secondary N) is 2. The normalized spacial score (nSPS) is 15.5. The molecule has 4 aromatic rings. The van der Waals surface area contributed by atoms with E-state index in [4.69, 9.17) is 21.3 Å². The number of aromatic nitrogens is 4. The highest BCUT2D eigenvalue weighted by molar-refractivity contribution is 6.32. The number of rotatable bonds is 8. The van der Waals surface area contributed by atoms with E-state index in [2.05, 4.69) is 25.6 Å². The van der Waals surface area contributed by atoms with Crippen LogP contribution >= 0.6 is 11.6 Å². The minimum absolute atomic E-state index is 0.259. The van der Waals surface area contributed by atoms with Crippen LogP contribution in [-0.4, -0.2) is 69.4 Å². The molecule has 0 aliphatic carbocycles. The highest BCUT2D eigenvalue weighted by atomic mass is 35.5. The van der Waals surface area contributed by atoms with Gasteiger partial charge in [-0.2, -0.15) is 10.1 Å². The van der Waals surface area contributed by atoms with E-state index in [9.17, 15) is 9.59 Å². The van der Waals surface area contributed by atoms with Crippen LogP contribution < -0.4 is 20.4 Å². The summed E-state index contributed by atoms with van der Waals surface area (Å²) in [6.07, 6.45) is 6.77. The number of fused-ring (bicyclic) bond motifs is 1. The first-order valence-corrected chi connectivity index (χ1v) is 14.2. The van der Waals surface area contributed by atoms with Gasteiger partial charge in [0.2, 0.25) is 11.9 Å². The van der Waals surface area contributed by atoms with Gasteiger partial charge in [-0.3, -0.25) is 19.3 Å². The Kier molecular flexibility index (Phi) is 8.31. The second-order valence-electron chi connectivity index (χ2n) is 10.1. The zero-order valence-electron chi connectivity index (χ0n) is 23.5. The number of halogens is 1. The van der Waals surface area contributed by atoms with Crippen LogP contribution in [0.2, 0.25) is 5.15 Å². The first kappa shape index (κ1) is 28.3. The number of nitrogens with zero attached hydrogens (tertiary/aromatic N) is 7. The molecule has 0 atom stereocenters. The Balaban J connectivity index is 1.28. The topological polar surface area (TPSA) is 121 Å². The molecule has 2 aliphatic rings. The monoisotopic (exact) mass is 599 g/mol. The summed E-state index contributed by atoms with van der Waals surface area (Å²) in [5.74, 6) is 0.418. The minimum Gasteiger partial charge on any atom is -0.379 e. The number of anilines is 6. The Labute approximate surface area is 253 Å². The van der Waals surface area contributed by atoms with Crippen LogP contribution in [0.25, 0.3) is 0 Å². The number of carbonyl (C=O) groups is 2. The molecule has 0 unspecified atom stereocenters. The highest BCUT2D eigenvalue weighted by Gasteiger charge is 2.34. The molecule has 0 spiro atoms. The van der Waals surface area contributed by atoms with Crippen molar-refractivity contribution in [1.29, 1.82) is 0 Å². The van der Waals surface area contributed by atoms with Crippen molar-refractivity contribution in [2.45, 2.75) is 6.54 Å². The Morgan fingerprint density at radius 2 is 1.88 bits per heavy atom. The molecule has 0 bridgehead atoms. The Morgan fingerprint density at radius 3 is 2.65 bits per heavy atom. The Morgan fingerprint density at radius 1 is 1.09 bits per heavy atom. The van der Waals surface area contributed by atoms with Crippen molar-refractivity contribution in [2.24, 2.45) is 7.05 Å². The molecule has 220 valence electrons. The van der Waals surface area contributed by atoms with E-state index in [-0.39, 0.29) is 29.6 Å². The average Bonchev–Trinajstić information content (AvgIpc) is 3.33. The zero-order valence-corrected chi connectivity index (χ0v) is 24.2. The van der Waals surface area contributed by atoms with Crippen LogP contribution in [0.4, 0.5) is 39.3 Å². The molecule has 2 aliphatic heterocycles. The van der Waals surface area contributed by atoms with E-state index in [1.54, 1.807) is 53.3 Å². The molecule has 43 heavy (non-hydrogen) atoms. The summed E-state index contributed by atoms with van der Waals surface area (Å²) in [5.41, 5.74) is 3.09. The van der Waals surface area contributed by atoms with E-state index < -0.39 is 0 Å². The lowest BCUT2D eigenvalue weighted by Crippen LogP contribution is -2.45. The van der Waals surface area contributed by atoms with Crippen molar-refractivity contribution in [3.05, 3.63) is 89.9 Å². The van der Waals surface area contributed by atoms with Gasteiger partial charge in [0.25, 0.3) is 0 Å². The van der Waals surface area contributed by atoms with Crippen LogP contribution in [0.15, 0.2) is 79.1 Å². The first-order valence-electron chi connectivity index (χ1n) is 13.8. The molecule has 3 amide bonds. The smallest absolute Gasteiger partial charge is 0.335 e. The largest absolute Gasteiger partial charge is 0.379 e. The number of hydrogen-bond donors (Lipinski definition) is 2. The summed E-state index contributed by atoms with van der Waals surface area (Å²) in [6.45, 7) is 4.04. The van der Waals surface area contributed by atoms with Gasteiger partial charge in [-0.05, 0) is 30.3 Å². The lowest BCUT2D eigenvalue weighted by atomic mass is 10.1. The predicted molar refractivity (Wildman–Crippen MR) is 165 cm³/mol. The second-order valence-corrected chi connectivity index (χ2v) is 10.4. The van der Waals surface area contributed by atoms with Gasteiger partial charge in [-0.15, -0.1) is 0 Å². The van der Waals surface area contributed by atoms with Crippen molar-refractivity contribution in [3.63, 3.8) is 0 Å². The van der Waals surface area contributed by atoms with Gasteiger partial charge in [0, 0.05) is 62.1 Å². The fourth-order valence-electron chi connectivity index (χ4n) is 4.92. The second kappa shape index (κ2) is 12.6. The third-order valence-corrected chi connectivity index (χ3v) is 7.29. The molecular formula is C30H30ClN9O3. The summed E-state index contributed by atoms with van der Waals surface area (Å²) in [7, 11) is 1.76. The maximum absolute atomic E-state index is 14.1. The third kappa shape index (κ3) is 6.51. The van der Waals surface area contributed by atoms with E-state index >= 15 is 0 Å². The number of carbonyl (C=O) groups excluding carboxylic acids is 2. The van der Waals surface area contributed by atoms with Gasteiger partial charge in [-0.1, -0.05) is 41.9 Å². The lowest BCUT2D eigenvalue weighted by Gasteiger charge is -2.36. The number of morpholine rings is 1. The maximum atomic E-state index is 14.1. The van der Waals surface area contributed by atoms with Gasteiger partial charge >= 0.3 is 6.03 Å². The lowest BCUT2D eigenvalue weighted by molar-refractivity contribution is -0.111. The summed E-state index contributed by atoms with van der Waals surface area (Å²) in [5, 5.41) is 10.4. The minimum atomic E-state index is -0.295. The third-order valence-electron chi connectivity index (χ3n) is 7.01. The summed E-state index contributed by atoms with van der Waals surface area (Å²) in [4.78, 5) is 41.4. The predicted octanol–water partition coefficient (Wildman–Crippen LogP) is 4.71. The molecule has 0 saturated carbocycles. The van der Waals surface area contributed by atoms with Crippen molar-refractivity contribution < 1.29 is 14.3 Å². The fraction of sp³-hybridized carbons (Fsp3) is 0.233. The number of ether oxygens (including phenoxy) is 1. The van der Waals surface area contributed by atoms with Gasteiger partial charge in [0.05, 0.1) is 31.1 Å². The van der Waals surface area contributed by atoms with Crippen LogP contribution in [0.1, 0.15) is 5.56 Å². The molecule has 1 saturated heterocycles. The number of amides is 3. The highest BCUT2D eigenvalue weighted by Crippen LogP contribution is 2.37.